The molecule has 0 aliphatic carbocycles. The van der Waals surface area contributed by atoms with E-state index in [-0.39, 0.29) is 17.4 Å². The van der Waals surface area contributed by atoms with Crippen molar-refractivity contribution >= 4 is 11.9 Å². The van der Waals surface area contributed by atoms with Crippen molar-refractivity contribution in [2.24, 2.45) is 0 Å². The van der Waals surface area contributed by atoms with Crippen LogP contribution in [0.25, 0.3) is 6.08 Å². The third-order valence-corrected chi connectivity index (χ3v) is 5.82. The van der Waals surface area contributed by atoms with Crippen LogP contribution in [0.1, 0.15) is 32.6 Å². The summed E-state index contributed by atoms with van der Waals surface area (Å²) in [5.41, 5.74) is 3.49. The van der Waals surface area contributed by atoms with Crippen LogP contribution < -0.4 is 9.47 Å². The molecule has 2 aliphatic rings. The molecule has 4 nitrogen and oxygen atoms in total. The number of fused-ring (bicyclic) bond motifs is 2. The predicted octanol–water partition coefficient (Wildman–Crippen LogP) is 5.28. The number of ketones is 1. The lowest BCUT2D eigenvalue weighted by atomic mass is 9.99. The number of Topliss-reactive ketones (excluding diaryl/α,β-unsaturated/α-hetero) is 1. The highest BCUT2D eigenvalue weighted by molar-refractivity contribution is 6.15. The Morgan fingerprint density at radius 2 is 1.84 bits per heavy atom. The molecule has 0 N–H and O–H groups in total. The molecule has 0 spiro atoms. The normalized spacial score (nSPS) is 16.5. The van der Waals surface area contributed by atoms with Gasteiger partial charge in [0, 0.05) is 29.8 Å². The van der Waals surface area contributed by atoms with E-state index in [9.17, 15) is 13.6 Å². The summed E-state index contributed by atoms with van der Waals surface area (Å²) in [6.45, 7) is 3.65. The van der Waals surface area contributed by atoms with E-state index >= 15 is 0 Å². The minimum absolute atomic E-state index is 0.101. The van der Waals surface area contributed by atoms with E-state index in [0.29, 0.717) is 30.2 Å². The summed E-state index contributed by atoms with van der Waals surface area (Å²) < 4.78 is 39.0. The van der Waals surface area contributed by atoms with Gasteiger partial charge in [-0.3, -0.25) is 9.69 Å². The van der Waals surface area contributed by atoms with Crippen molar-refractivity contribution in [2.75, 3.05) is 13.3 Å². The number of allylic oxidation sites excluding steroid dienone is 1. The maximum atomic E-state index is 14.0. The molecule has 2 heterocycles. The summed E-state index contributed by atoms with van der Waals surface area (Å²) >= 11 is 0. The first-order chi connectivity index (χ1) is 15.5. The Morgan fingerprint density at radius 1 is 1.06 bits per heavy atom. The van der Waals surface area contributed by atoms with Gasteiger partial charge >= 0.3 is 0 Å². The topological polar surface area (TPSA) is 38.8 Å². The highest BCUT2D eigenvalue weighted by atomic mass is 19.1. The first-order valence-electron chi connectivity index (χ1n) is 10.4. The molecule has 0 radical (unpaired) electrons. The fourth-order valence-electron chi connectivity index (χ4n) is 4.11. The number of carbonyl (C=O) groups is 1. The number of benzene rings is 3. The van der Waals surface area contributed by atoms with Gasteiger partial charge in [0.1, 0.15) is 29.9 Å². The van der Waals surface area contributed by atoms with Gasteiger partial charge in [-0.25, -0.2) is 8.78 Å². The van der Waals surface area contributed by atoms with Crippen molar-refractivity contribution in [3.8, 4) is 11.5 Å². The van der Waals surface area contributed by atoms with E-state index < -0.39 is 5.82 Å². The third kappa shape index (κ3) is 3.78. The molecular formula is C26H21F2NO3. The lowest BCUT2D eigenvalue weighted by Gasteiger charge is -2.30. The number of ether oxygens (including phenoxy) is 2. The van der Waals surface area contributed by atoms with Crippen LogP contribution in [-0.4, -0.2) is 24.0 Å². The molecule has 0 bridgehead atoms. The van der Waals surface area contributed by atoms with E-state index in [1.54, 1.807) is 30.3 Å². The van der Waals surface area contributed by atoms with Crippen LogP contribution in [0.3, 0.4) is 0 Å². The summed E-state index contributed by atoms with van der Waals surface area (Å²) in [6.07, 6.45) is 2.20. The molecule has 0 atom stereocenters. The molecule has 2 aliphatic heterocycles. The standard InChI is InChI=1S/C26H21F2NO3/c1-16-25-19(14-29(15-31-25)11-10-17-6-8-20(27)9-7-17)12-21-24(30)23(32-26(16)21)13-18-4-2-3-5-22(18)28/h2-9,12-13H,10-11,14-15H2,1H3/b23-13-. The minimum atomic E-state index is -0.413. The number of halogens is 2. The Morgan fingerprint density at radius 3 is 2.62 bits per heavy atom. The molecular weight excluding hydrogens is 412 g/mol. The molecule has 0 saturated heterocycles. The smallest absolute Gasteiger partial charge is 0.231 e. The lowest BCUT2D eigenvalue weighted by molar-refractivity contribution is 0.0954. The predicted molar refractivity (Wildman–Crippen MR) is 117 cm³/mol. The maximum absolute atomic E-state index is 14.0. The zero-order valence-corrected chi connectivity index (χ0v) is 17.5. The monoisotopic (exact) mass is 433 g/mol. The van der Waals surface area contributed by atoms with Crippen molar-refractivity contribution in [1.29, 1.82) is 0 Å². The molecule has 162 valence electrons. The van der Waals surface area contributed by atoms with E-state index in [1.807, 2.05) is 13.0 Å². The van der Waals surface area contributed by atoms with E-state index in [4.69, 9.17) is 9.47 Å². The molecule has 3 aromatic rings. The largest absolute Gasteiger partial charge is 0.477 e. The maximum Gasteiger partial charge on any atom is 0.231 e. The van der Waals surface area contributed by atoms with Gasteiger partial charge in [-0.2, -0.15) is 0 Å². The second-order valence-electron chi connectivity index (χ2n) is 8.03. The quantitative estimate of drug-likeness (QED) is 0.525. The molecule has 0 amide bonds. The zero-order chi connectivity index (χ0) is 22.2. The van der Waals surface area contributed by atoms with Gasteiger partial charge in [0.2, 0.25) is 5.78 Å². The third-order valence-electron chi connectivity index (χ3n) is 5.82. The van der Waals surface area contributed by atoms with Crippen molar-refractivity contribution < 1.29 is 23.0 Å². The Kier molecular flexibility index (Phi) is 5.23. The second kappa shape index (κ2) is 8.20. The second-order valence-corrected chi connectivity index (χ2v) is 8.03. The van der Waals surface area contributed by atoms with Gasteiger partial charge < -0.3 is 9.47 Å². The molecule has 0 saturated carbocycles. The summed E-state index contributed by atoms with van der Waals surface area (Å²) in [4.78, 5) is 15.1. The fourth-order valence-corrected chi connectivity index (χ4v) is 4.11. The Labute approximate surface area is 184 Å². The van der Waals surface area contributed by atoms with E-state index in [2.05, 4.69) is 4.90 Å². The van der Waals surface area contributed by atoms with Crippen LogP contribution in [0.2, 0.25) is 0 Å². The van der Waals surface area contributed by atoms with E-state index in [1.165, 1.54) is 24.3 Å². The summed E-state index contributed by atoms with van der Waals surface area (Å²) in [6, 6.07) is 14.5. The van der Waals surface area contributed by atoms with Crippen molar-refractivity contribution in [3.05, 3.63) is 99.8 Å². The number of nitrogens with zero attached hydrogens (tertiary/aromatic N) is 1. The molecule has 0 aromatic heterocycles. The van der Waals surface area contributed by atoms with Crippen molar-refractivity contribution in [1.82, 2.24) is 4.90 Å². The Bertz CT molecular complexity index is 1230. The number of hydrogen-bond donors (Lipinski definition) is 0. The molecule has 32 heavy (non-hydrogen) atoms. The lowest BCUT2D eigenvalue weighted by Crippen LogP contribution is -2.34. The Balaban J connectivity index is 1.36. The molecule has 6 heteroatoms. The minimum Gasteiger partial charge on any atom is -0.477 e. The first-order valence-corrected chi connectivity index (χ1v) is 10.4. The van der Waals surface area contributed by atoms with Crippen LogP contribution in [-0.2, 0) is 13.0 Å². The van der Waals surface area contributed by atoms with Gasteiger partial charge in [-0.1, -0.05) is 30.3 Å². The van der Waals surface area contributed by atoms with Crippen molar-refractivity contribution in [3.63, 3.8) is 0 Å². The van der Waals surface area contributed by atoms with Crippen LogP contribution in [0.4, 0.5) is 8.78 Å². The number of carbonyl (C=O) groups excluding carboxylic acids is 1. The number of hydrogen-bond acceptors (Lipinski definition) is 4. The van der Waals surface area contributed by atoms with Crippen LogP contribution in [0.5, 0.6) is 11.5 Å². The van der Waals surface area contributed by atoms with E-state index in [0.717, 1.165) is 35.4 Å². The highest BCUT2D eigenvalue weighted by Gasteiger charge is 2.33. The summed E-state index contributed by atoms with van der Waals surface area (Å²) in [5, 5.41) is 0. The molecule has 5 rings (SSSR count). The first kappa shape index (κ1) is 20.4. The average Bonchev–Trinajstić information content (AvgIpc) is 3.10. The number of rotatable bonds is 4. The van der Waals surface area contributed by atoms with Gasteiger partial charge in [-0.05, 0) is 49.2 Å². The molecule has 0 fully saturated rings. The van der Waals surface area contributed by atoms with Crippen LogP contribution in [0, 0.1) is 18.6 Å². The molecule has 3 aromatic carbocycles. The fraction of sp³-hybridized carbons (Fsp3) is 0.192. The average molecular weight is 433 g/mol. The highest BCUT2D eigenvalue weighted by Crippen LogP contribution is 2.43. The SMILES string of the molecule is Cc1c2c(cc3c1O/C(=C\c1ccccc1F)C3=O)CN(CCc1ccc(F)cc1)CO2. The van der Waals surface area contributed by atoms with Gasteiger partial charge in [0.25, 0.3) is 0 Å². The van der Waals surface area contributed by atoms with Crippen molar-refractivity contribution in [2.45, 2.75) is 19.9 Å². The summed E-state index contributed by atoms with van der Waals surface area (Å²) in [5.74, 6) is 0.367. The Hall–Kier alpha value is -3.51. The summed E-state index contributed by atoms with van der Waals surface area (Å²) in [7, 11) is 0. The van der Waals surface area contributed by atoms with Crippen LogP contribution >= 0.6 is 0 Å². The molecule has 0 unspecified atom stereocenters. The van der Waals surface area contributed by atoms with Crippen LogP contribution in [0.15, 0.2) is 60.4 Å². The van der Waals surface area contributed by atoms with Gasteiger partial charge in [-0.15, -0.1) is 0 Å². The van der Waals surface area contributed by atoms with Gasteiger partial charge in [0.05, 0.1) is 5.56 Å². The van der Waals surface area contributed by atoms with Gasteiger partial charge in [0.15, 0.2) is 5.76 Å². The zero-order valence-electron chi connectivity index (χ0n) is 17.5.